The summed E-state index contributed by atoms with van der Waals surface area (Å²) >= 11 is 1.62. The first kappa shape index (κ1) is 13.5. The second kappa shape index (κ2) is 5.16. The lowest BCUT2D eigenvalue weighted by Crippen LogP contribution is -2.26. The maximum absolute atomic E-state index is 11.8. The number of hydrogen-bond acceptors (Lipinski definition) is 3. The Bertz CT molecular complexity index is 348. The van der Waals surface area contributed by atoms with Gasteiger partial charge in [-0.2, -0.15) is 18.7 Å². The fraction of sp³-hybridized carbons (Fsp3) is 0.600. The molecular weight excluding hydrogens is 239 g/mol. The zero-order valence-corrected chi connectivity index (χ0v) is 10.1. The van der Waals surface area contributed by atoms with Crippen LogP contribution in [0.5, 0.6) is 0 Å². The number of nitrogens with one attached hydrogen (secondary N) is 1. The Balaban J connectivity index is 2.47. The van der Waals surface area contributed by atoms with Crippen LogP contribution in [0.2, 0.25) is 0 Å². The summed E-state index contributed by atoms with van der Waals surface area (Å²) in [5, 5.41) is 0. The van der Waals surface area contributed by atoms with E-state index in [0.717, 1.165) is 15.3 Å². The molecule has 0 saturated heterocycles. The third-order valence-corrected chi connectivity index (χ3v) is 3.02. The number of halogens is 3. The van der Waals surface area contributed by atoms with E-state index in [1.54, 1.807) is 18.3 Å². The molecule has 92 valence electrons. The van der Waals surface area contributed by atoms with Crippen LogP contribution in [-0.4, -0.2) is 12.8 Å². The highest BCUT2D eigenvalue weighted by atomic mass is 32.1. The van der Waals surface area contributed by atoms with Gasteiger partial charge < -0.3 is 0 Å². The average molecular weight is 253 g/mol. The quantitative estimate of drug-likeness (QED) is 0.829. The summed E-state index contributed by atoms with van der Waals surface area (Å²) in [4.78, 5) is 6.64. The van der Waals surface area contributed by atoms with Crippen LogP contribution in [0.1, 0.15) is 28.3 Å². The Labute approximate surface area is 96.4 Å². The number of hydrogen-bond donors (Lipinski definition) is 1. The summed E-state index contributed by atoms with van der Waals surface area (Å²) < 4.78 is 35.5. The van der Waals surface area contributed by atoms with Gasteiger partial charge >= 0.3 is 6.18 Å². The van der Waals surface area contributed by atoms with E-state index in [2.05, 4.69) is 10.3 Å². The second-order valence-corrected chi connectivity index (χ2v) is 5.07. The van der Waals surface area contributed by atoms with Gasteiger partial charge in [-0.25, -0.2) is 0 Å². The van der Waals surface area contributed by atoms with Crippen molar-refractivity contribution in [3.8, 4) is 0 Å². The fourth-order valence-electron chi connectivity index (χ4n) is 1.39. The molecule has 1 aromatic rings. The molecule has 16 heavy (non-hydrogen) atoms. The predicted molar refractivity (Wildman–Crippen MR) is 57.4 cm³/mol. The number of aryl methyl sites for hydroxylation is 2. The minimum atomic E-state index is -4.30. The molecule has 0 aliphatic heterocycles. The normalized spacial score (nSPS) is 14.1. The van der Waals surface area contributed by atoms with Crippen molar-refractivity contribution < 1.29 is 18.0 Å². The van der Waals surface area contributed by atoms with Gasteiger partial charge in [0.15, 0.2) is 6.61 Å². The Kier molecular flexibility index (Phi) is 4.35. The van der Waals surface area contributed by atoms with Gasteiger partial charge in [-0.1, -0.05) is 0 Å². The summed E-state index contributed by atoms with van der Waals surface area (Å²) in [6, 6.07) is 1.71. The monoisotopic (exact) mass is 253 g/mol. The molecule has 0 aromatic carbocycles. The second-order valence-electron chi connectivity index (χ2n) is 3.61. The molecule has 1 rings (SSSR count). The first-order valence-electron chi connectivity index (χ1n) is 4.80. The number of hydroxylamine groups is 1. The molecule has 0 radical (unpaired) electrons. The van der Waals surface area contributed by atoms with Gasteiger partial charge in [0.25, 0.3) is 0 Å². The van der Waals surface area contributed by atoms with Gasteiger partial charge in [-0.05, 0) is 32.4 Å². The van der Waals surface area contributed by atoms with E-state index in [1.807, 2.05) is 19.9 Å². The van der Waals surface area contributed by atoms with E-state index >= 15 is 0 Å². The molecule has 1 N–H and O–H groups in total. The number of alkyl halides is 3. The fourth-order valence-corrected chi connectivity index (χ4v) is 2.41. The van der Waals surface area contributed by atoms with Crippen LogP contribution in [0, 0.1) is 13.8 Å². The summed E-state index contributed by atoms with van der Waals surface area (Å²) in [5.41, 5.74) is 3.37. The molecule has 1 unspecified atom stereocenters. The lowest BCUT2D eigenvalue weighted by atomic mass is 10.1. The largest absolute Gasteiger partial charge is 0.413 e. The molecule has 0 saturated carbocycles. The third kappa shape index (κ3) is 4.11. The topological polar surface area (TPSA) is 21.3 Å². The zero-order valence-electron chi connectivity index (χ0n) is 9.31. The van der Waals surface area contributed by atoms with Gasteiger partial charge in [0.1, 0.15) is 0 Å². The van der Waals surface area contributed by atoms with Crippen LogP contribution in [0.4, 0.5) is 13.2 Å². The van der Waals surface area contributed by atoms with E-state index in [-0.39, 0.29) is 6.04 Å². The van der Waals surface area contributed by atoms with E-state index in [9.17, 15) is 13.2 Å². The van der Waals surface area contributed by atoms with Crippen LogP contribution < -0.4 is 5.48 Å². The van der Waals surface area contributed by atoms with Crippen molar-refractivity contribution in [3.05, 3.63) is 21.4 Å². The maximum atomic E-state index is 11.8. The highest BCUT2D eigenvalue weighted by Crippen LogP contribution is 2.26. The first-order valence-corrected chi connectivity index (χ1v) is 5.62. The molecule has 2 nitrogen and oxygen atoms in total. The van der Waals surface area contributed by atoms with Crippen molar-refractivity contribution >= 4 is 11.3 Å². The molecule has 0 bridgehead atoms. The van der Waals surface area contributed by atoms with Crippen LogP contribution in [-0.2, 0) is 4.84 Å². The molecule has 6 heteroatoms. The molecule has 1 heterocycles. The summed E-state index contributed by atoms with van der Waals surface area (Å²) in [6.07, 6.45) is -4.30. The van der Waals surface area contributed by atoms with Gasteiger partial charge in [0.05, 0.1) is 6.04 Å². The molecule has 0 spiro atoms. The van der Waals surface area contributed by atoms with Crippen LogP contribution in [0.3, 0.4) is 0 Å². The summed E-state index contributed by atoms with van der Waals surface area (Å²) in [7, 11) is 0. The van der Waals surface area contributed by atoms with Crippen LogP contribution in [0.15, 0.2) is 6.07 Å². The summed E-state index contributed by atoms with van der Waals surface area (Å²) in [6.45, 7) is 4.39. The Morgan fingerprint density at radius 2 is 2.06 bits per heavy atom. The van der Waals surface area contributed by atoms with Crippen LogP contribution >= 0.6 is 11.3 Å². The van der Waals surface area contributed by atoms with Crippen molar-refractivity contribution in [1.82, 2.24) is 5.48 Å². The van der Waals surface area contributed by atoms with Crippen LogP contribution in [0.25, 0.3) is 0 Å². The van der Waals surface area contributed by atoms with Gasteiger partial charge in [-0.3, -0.25) is 4.84 Å². The third-order valence-electron chi connectivity index (χ3n) is 2.04. The van der Waals surface area contributed by atoms with E-state index < -0.39 is 12.8 Å². The predicted octanol–water partition coefficient (Wildman–Crippen LogP) is 3.51. The highest BCUT2D eigenvalue weighted by molar-refractivity contribution is 7.12. The molecule has 0 aliphatic rings. The minimum absolute atomic E-state index is 0.243. The maximum Gasteiger partial charge on any atom is 0.413 e. The zero-order chi connectivity index (χ0) is 12.3. The van der Waals surface area contributed by atoms with Crippen molar-refractivity contribution in [2.75, 3.05) is 6.61 Å². The molecule has 0 aliphatic carbocycles. The van der Waals surface area contributed by atoms with Gasteiger partial charge in [0.2, 0.25) is 0 Å². The Hall–Kier alpha value is -0.590. The van der Waals surface area contributed by atoms with Crippen molar-refractivity contribution in [1.29, 1.82) is 0 Å². The van der Waals surface area contributed by atoms with Gasteiger partial charge in [0, 0.05) is 9.75 Å². The molecule has 0 amide bonds. The first-order chi connectivity index (χ1) is 7.29. The molecule has 1 atom stereocenters. The van der Waals surface area contributed by atoms with E-state index in [1.165, 1.54) is 0 Å². The van der Waals surface area contributed by atoms with E-state index in [4.69, 9.17) is 0 Å². The number of rotatable bonds is 4. The molecule has 1 aromatic heterocycles. The SMILES string of the molecule is Cc1cc(C(C)NOCC(F)(F)F)c(C)s1. The minimum Gasteiger partial charge on any atom is -0.292 e. The lowest BCUT2D eigenvalue weighted by Gasteiger charge is -2.14. The average Bonchev–Trinajstić information content (AvgIpc) is 2.43. The highest BCUT2D eigenvalue weighted by Gasteiger charge is 2.28. The van der Waals surface area contributed by atoms with Crippen molar-refractivity contribution in [2.24, 2.45) is 0 Å². The Morgan fingerprint density at radius 1 is 1.44 bits per heavy atom. The smallest absolute Gasteiger partial charge is 0.292 e. The van der Waals surface area contributed by atoms with Crippen molar-refractivity contribution in [3.63, 3.8) is 0 Å². The summed E-state index contributed by atoms with van der Waals surface area (Å²) in [5.74, 6) is 0. The Morgan fingerprint density at radius 3 is 2.50 bits per heavy atom. The van der Waals surface area contributed by atoms with Crippen molar-refractivity contribution in [2.45, 2.75) is 33.0 Å². The molecular formula is C10H14F3NOS. The van der Waals surface area contributed by atoms with Gasteiger partial charge in [-0.15, -0.1) is 11.3 Å². The lowest BCUT2D eigenvalue weighted by molar-refractivity contribution is -0.192. The van der Waals surface area contributed by atoms with E-state index in [0.29, 0.717) is 0 Å². The molecule has 0 fully saturated rings. The standard InChI is InChI=1S/C10H14F3NOS/c1-6-4-9(8(3)16-6)7(2)14-15-5-10(11,12)13/h4,7,14H,5H2,1-3H3. The number of thiophene rings is 1.